The Kier molecular flexibility index (Phi) is 11.0. The van der Waals surface area contributed by atoms with E-state index in [4.69, 9.17) is 11.6 Å². The molecule has 0 saturated heterocycles. The molecule has 0 spiro atoms. The van der Waals surface area contributed by atoms with Crippen LogP contribution < -0.4 is 5.32 Å². The van der Waals surface area contributed by atoms with E-state index >= 15 is 0 Å². The molecule has 0 radical (unpaired) electrons. The number of allylic oxidation sites excluding steroid dienone is 4. The van der Waals surface area contributed by atoms with E-state index in [1.807, 2.05) is 12.2 Å². The summed E-state index contributed by atoms with van der Waals surface area (Å²) < 4.78 is 0. The maximum atomic E-state index is 5.38. The van der Waals surface area contributed by atoms with Gasteiger partial charge in [-0.1, -0.05) is 0 Å². The van der Waals surface area contributed by atoms with Crippen molar-refractivity contribution < 1.29 is 21.7 Å². The minimum Gasteiger partial charge on any atom is -0.299 e. The van der Waals surface area contributed by atoms with E-state index in [-0.39, 0.29) is 27.3 Å². The second kappa shape index (κ2) is 9.02. The smallest absolute Gasteiger partial charge is 0.0717 e. The summed E-state index contributed by atoms with van der Waals surface area (Å²) in [5, 5.41) is 3.05. The summed E-state index contributed by atoms with van der Waals surface area (Å²) in [7, 11) is 0. The van der Waals surface area contributed by atoms with Gasteiger partial charge in [0.2, 0.25) is 0 Å². The first-order valence-electron chi connectivity index (χ1n) is 4.09. The van der Waals surface area contributed by atoms with Crippen LogP contribution in [0.1, 0.15) is 27.2 Å². The molecule has 0 fully saturated rings. The minimum absolute atomic E-state index is 0. The molecule has 1 aliphatic rings. The minimum atomic E-state index is 0. The summed E-state index contributed by atoms with van der Waals surface area (Å²) in [6.07, 6.45) is 10.0. The van der Waals surface area contributed by atoms with Crippen molar-refractivity contribution in [2.45, 2.75) is 32.7 Å². The Balaban J connectivity index is 0. The van der Waals surface area contributed by atoms with E-state index in [0.29, 0.717) is 6.00 Å². The van der Waals surface area contributed by atoms with Gasteiger partial charge in [0.1, 0.15) is 0 Å². The summed E-state index contributed by atoms with van der Waals surface area (Å²) in [5.41, 5.74) is 0.168. The summed E-state index contributed by atoms with van der Waals surface area (Å²) in [6, 6.07) is 0.531. The molecule has 0 aromatic carbocycles. The monoisotopic (exact) mass is 234 g/mol. The van der Waals surface area contributed by atoms with E-state index in [1.165, 1.54) is 0 Å². The third kappa shape index (κ3) is 15.2. The van der Waals surface area contributed by atoms with Gasteiger partial charge in [-0.25, -0.2) is 12.2 Å². The second-order valence-electron chi connectivity index (χ2n) is 3.56. The van der Waals surface area contributed by atoms with Crippen LogP contribution in [0.15, 0.2) is 18.2 Å². The average molecular weight is 235 g/mol. The Bertz CT molecular complexity index is 149. The zero-order valence-corrected chi connectivity index (χ0v) is 10.8. The first kappa shape index (κ1) is 15.9. The fraction of sp³-hybridized carbons (Fsp3) is 0.600. The van der Waals surface area contributed by atoms with Crippen LogP contribution in [0.25, 0.3) is 0 Å². The summed E-state index contributed by atoms with van der Waals surface area (Å²) in [4.78, 5) is 0. The predicted octanol–water partition coefficient (Wildman–Crippen LogP) is 2.87. The summed E-state index contributed by atoms with van der Waals surface area (Å²) >= 11 is 5.38. The molecule has 3 heteroatoms. The van der Waals surface area contributed by atoms with Crippen LogP contribution in [0, 0.1) is 6.08 Å². The van der Waals surface area contributed by atoms with Crippen LogP contribution in [0.4, 0.5) is 0 Å². The summed E-state index contributed by atoms with van der Waals surface area (Å²) in [5.74, 6) is 0. The standard InChI is InChI=1S/C5H12ClN.C5H5.Ti/c1-5(2,3)7-4-6;1-2-4-5-3-1;/h7H,4H2,1-3H3;1-3H,4H2;/q;-1;. The molecule has 0 aliphatic heterocycles. The van der Waals surface area contributed by atoms with Gasteiger partial charge in [-0.3, -0.25) is 11.4 Å². The molecule has 1 nitrogen and oxygen atoms in total. The van der Waals surface area contributed by atoms with Crippen LogP contribution in [0.5, 0.6) is 0 Å². The van der Waals surface area contributed by atoms with Crippen molar-refractivity contribution in [3.05, 3.63) is 24.3 Å². The van der Waals surface area contributed by atoms with E-state index in [1.54, 1.807) is 0 Å². The van der Waals surface area contributed by atoms with Gasteiger partial charge in [-0.05, 0) is 20.8 Å². The Morgan fingerprint density at radius 1 is 1.46 bits per heavy atom. The van der Waals surface area contributed by atoms with Crippen molar-refractivity contribution >= 4 is 11.6 Å². The molecule has 0 atom stereocenters. The molecule has 1 N–H and O–H groups in total. The average Bonchev–Trinajstić information content (AvgIpc) is 2.38. The van der Waals surface area contributed by atoms with E-state index in [2.05, 4.69) is 38.2 Å². The first-order valence-corrected chi connectivity index (χ1v) is 4.62. The van der Waals surface area contributed by atoms with Crippen LogP contribution in [0.3, 0.4) is 0 Å². The Labute approximate surface area is 102 Å². The molecule has 0 heterocycles. The maximum Gasteiger partial charge on any atom is 0.0717 e. The zero-order valence-electron chi connectivity index (χ0n) is 8.52. The molecular weight excluding hydrogens is 217 g/mol. The number of alkyl halides is 1. The molecule has 0 aromatic rings. The number of hydrogen-bond acceptors (Lipinski definition) is 1. The largest absolute Gasteiger partial charge is 0.299 e. The maximum absolute atomic E-state index is 5.38. The number of halogens is 1. The molecule has 0 bridgehead atoms. The normalized spacial score (nSPS) is 13.2. The molecule has 0 unspecified atom stereocenters. The van der Waals surface area contributed by atoms with Gasteiger partial charge in [0.05, 0.1) is 6.00 Å². The molecule has 1 aliphatic carbocycles. The van der Waals surface area contributed by atoms with Gasteiger partial charge < -0.3 is 0 Å². The Morgan fingerprint density at radius 2 is 2.08 bits per heavy atom. The molecule has 1 rings (SSSR count). The first-order chi connectivity index (χ1) is 5.56. The van der Waals surface area contributed by atoms with Gasteiger partial charge in [0.25, 0.3) is 0 Å². The van der Waals surface area contributed by atoms with Gasteiger partial charge in [0, 0.05) is 27.3 Å². The van der Waals surface area contributed by atoms with Crippen molar-refractivity contribution in [3.8, 4) is 0 Å². The fourth-order valence-electron chi connectivity index (χ4n) is 0.541. The SMILES string of the molecule is CC(C)(C)NCCl.[C-]1=CC=CC1.[Ti]. The molecule has 0 saturated carbocycles. The number of hydrogen-bond donors (Lipinski definition) is 1. The third-order valence-corrected chi connectivity index (χ3v) is 1.32. The van der Waals surface area contributed by atoms with Crippen molar-refractivity contribution in [1.29, 1.82) is 0 Å². The number of nitrogens with one attached hydrogen (secondary N) is 1. The fourth-order valence-corrected chi connectivity index (χ4v) is 0.942. The van der Waals surface area contributed by atoms with Crippen molar-refractivity contribution in [2.75, 3.05) is 6.00 Å². The molecule has 13 heavy (non-hydrogen) atoms. The second-order valence-corrected chi connectivity index (χ2v) is 3.83. The third-order valence-electron chi connectivity index (χ3n) is 1.18. The van der Waals surface area contributed by atoms with Gasteiger partial charge in [-0.15, -0.1) is 18.0 Å². The molecule has 0 aromatic heterocycles. The van der Waals surface area contributed by atoms with Gasteiger partial charge in [-0.2, -0.15) is 6.08 Å². The van der Waals surface area contributed by atoms with Crippen molar-refractivity contribution in [2.24, 2.45) is 0 Å². The summed E-state index contributed by atoms with van der Waals surface area (Å²) in [6.45, 7) is 6.24. The van der Waals surface area contributed by atoms with Gasteiger partial charge >= 0.3 is 0 Å². The quantitative estimate of drug-likeness (QED) is 0.318. The Hall–Kier alpha value is 0.444. The molecule has 74 valence electrons. The van der Waals surface area contributed by atoms with E-state index in [9.17, 15) is 0 Å². The van der Waals surface area contributed by atoms with Crippen LogP contribution in [-0.4, -0.2) is 11.5 Å². The van der Waals surface area contributed by atoms with E-state index < -0.39 is 0 Å². The predicted molar refractivity (Wildman–Crippen MR) is 55.2 cm³/mol. The number of rotatable bonds is 1. The van der Waals surface area contributed by atoms with Crippen LogP contribution >= 0.6 is 11.6 Å². The Morgan fingerprint density at radius 3 is 2.15 bits per heavy atom. The van der Waals surface area contributed by atoms with E-state index in [0.717, 1.165) is 6.42 Å². The topological polar surface area (TPSA) is 12.0 Å². The van der Waals surface area contributed by atoms with Crippen LogP contribution in [-0.2, 0) is 21.7 Å². The van der Waals surface area contributed by atoms with Crippen molar-refractivity contribution in [1.82, 2.24) is 5.32 Å². The van der Waals surface area contributed by atoms with Crippen molar-refractivity contribution in [3.63, 3.8) is 0 Å². The molecule has 0 amide bonds. The van der Waals surface area contributed by atoms with Gasteiger partial charge in [0.15, 0.2) is 0 Å². The zero-order chi connectivity index (χ0) is 9.45. The van der Waals surface area contributed by atoms with Crippen LogP contribution in [0.2, 0.25) is 0 Å². The molecular formula is C10H17ClNTi-.